The van der Waals surface area contributed by atoms with Crippen LogP contribution in [-0.4, -0.2) is 29.7 Å². The van der Waals surface area contributed by atoms with Crippen LogP contribution in [0.2, 0.25) is 0 Å². The number of hydrogen-bond acceptors (Lipinski definition) is 2. The first-order valence-electron chi connectivity index (χ1n) is 6.75. The van der Waals surface area contributed by atoms with Crippen molar-refractivity contribution < 1.29 is 5.11 Å². The Kier molecular flexibility index (Phi) is 5.22. The van der Waals surface area contributed by atoms with Crippen molar-refractivity contribution in [3.63, 3.8) is 0 Å². The summed E-state index contributed by atoms with van der Waals surface area (Å²) in [4.78, 5) is 2.39. The molecule has 0 aliphatic heterocycles. The monoisotopic (exact) mass is 311 g/mol. The number of hydrogen-bond donors (Lipinski definition) is 1. The summed E-state index contributed by atoms with van der Waals surface area (Å²) >= 11 is 3.60. The molecule has 0 heterocycles. The molecular weight excluding hydrogens is 290 g/mol. The molecule has 18 heavy (non-hydrogen) atoms. The topological polar surface area (TPSA) is 23.5 Å². The molecule has 0 bridgehead atoms. The second-order valence-electron chi connectivity index (χ2n) is 5.46. The van der Waals surface area contributed by atoms with Crippen molar-refractivity contribution in [2.24, 2.45) is 5.92 Å². The molecule has 1 aromatic rings. The number of rotatable bonds is 4. The molecule has 1 aliphatic rings. The molecule has 0 atom stereocenters. The summed E-state index contributed by atoms with van der Waals surface area (Å²) in [6, 6.07) is 8.41. The number of aliphatic hydroxyl groups excluding tert-OH is 1. The fourth-order valence-electron chi connectivity index (χ4n) is 2.75. The third kappa shape index (κ3) is 4.08. The van der Waals surface area contributed by atoms with Crippen LogP contribution < -0.4 is 0 Å². The zero-order valence-corrected chi connectivity index (χ0v) is 12.6. The average molecular weight is 312 g/mol. The quantitative estimate of drug-likeness (QED) is 0.921. The first kappa shape index (κ1) is 14.0. The van der Waals surface area contributed by atoms with Gasteiger partial charge in [0, 0.05) is 17.6 Å². The Bertz CT molecular complexity index is 375. The van der Waals surface area contributed by atoms with E-state index in [1.54, 1.807) is 0 Å². The summed E-state index contributed by atoms with van der Waals surface area (Å²) in [5, 5.41) is 9.51. The lowest BCUT2D eigenvalue weighted by Gasteiger charge is -2.29. The minimum Gasteiger partial charge on any atom is -0.393 e. The highest BCUT2D eigenvalue weighted by atomic mass is 79.9. The normalized spacial score (nSPS) is 24.4. The highest BCUT2D eigenvalue weighted by Crippen LogP contribution is 2.25. The Morgan fingerprint density at radius 1 is 1.22 bits per heavy atom. The first-order valence-corrected chi connectivity index (χ1v) is 7.54. The van der Waals surface area contributed by atoms with Gasteiger partial charge in [0.15, 0.2) is 0 Å². The second kappa shape index (κ2) is 6.69. The van der Waals surface area contributed by atoms with Crippen molar-refractivity contribution >= 4 is 15.9 Å². The van der Waals surface area contributed by atoms with Crippen LogP contribution in [-0.2, 0) is 6.54 Å². The van der Waals surface area contributed by atoms with Crippen molar-refractivity contribution in [2.45, 2.75) is 38.3 Å². The molecule has 1 aliphatic carbocycles. The van der Waals surface area contributed by atoms with Crippen molar-refractivity contribution in [3.8, 4) is 0 Å². The van der Waals surface area contributed by atoms with Crippen molar-refractivity contribution in [3.05, 3.63) is 34.3 Å². The summed E-state index contributed by atoms with van der Waals surface area (Å²) in [7, 11) is 2.18. The van der Waals surface area contributed by atoms with E-state index in [9.17, 15) is 5.11 Å². The maximum Gasteiger partial charge on any atom is 0.0540 e. The fraction of sp³-hybridized carbons (Fsp3) is 0.600. The van der Waals surface area contributed by atoms with Gasteiger partial charge in [0.05, 0.1) is 6.10 Å². The molecule has 3 heteroatoms. The van der Waals surface area contributed by atoms with Crippen LogP contribution in [0.15, 0.2) is 28.7 Å². The standard InChI is InChI=1S/C15H22BrNO/c1-17(10-12-6-8-14(18)9-7-12)11-13-4-2-3-5-15(13)16/h2-5,12,14,18H,6-11H2,1H3. The minimum atomic E-state index is -0.0465. The van der Waals surface area contributed by atoms with Gasteiger partial charge in [-0.2, -0.15) is 0 Å². The number of aliphatic hydroxyl groups is 1. The van der Waals surface area contributed by atoms with Crippen LogP contribution in [0, 0.1) is 5.92 Å². The third-order valence-electron chi connectivity index (χ3n) is 3.78. The van der Waals surface area contributed by atoms with Gasteiger partial charge in [-0.05, 0) is 50.3 Å². The molecule has 2 rings (SSSR count). The molecule has 0 amide bonds. The zero-order valence-electron chi connectivity index (χ0n) is 11.0. The molecule has 0 unspecified atom stereocenters. The van der Waals surface area contributed by atoms with E-state index in [1.807, 2.05) is 0 Å². The second-order valence-corrected chi connectivity index (χ2v) is 6.32. The lowest BCUT2D eigenvalue weighted by molar-refractivity contribution is 0.0967. The van der Waals surface area contributed by atoms with E-state index < -0.39 is 0 Å². The predicted octanol–water partition coefficient (Wildman–Crippen LogP) is 3.43. The van der Waals surface area contributed by atoms with Crippen LogP contribution in [0.4, 0.5) is 0 Å². The highest BCUT2D eigenvalue weighted by Gasteiger charge is 2.20. The summed E-state index contributed by atoms with van der Waals surface area (Å²) in [6.45, 7) is 2.12. The molecule has 1 aromatic carbocycles. The summed E-state index contributed by atoms with van der Waals surface area (Å²) < 4.78 is 1.19. The Labute approximate surface area is 118 Å². The molecule has 1 saturated carbocycles. The first-order chi connectivity index (χ1) is 8.65. The van der Waals surface area contributed by atoms with Crippen molar-refractivity contribution in [1.29, 1.82) is 0 Å². The van der Waals surface area contributed by atoms with E-state index in [0.717, 1.165) is 31.8 Å². The maximum absolute atomic E-state index is 9.51. The number of nitrogens with zero attached hydrogens (tertiary/aromatic N) is 1. The molecule has 0 radical (unpaired) electrons. The van der Waals surface area contributed by atoms with E-state index in [2.05, 4.69) is 52.1 Å². The summed E-state index contributed by atoms with van der Waals surface area (Å²) in [6.07, 6.45) is 4.25. The van der Waals surface area contributed by atoms with Gasteiger partial charge in [-0.3, -0.25) is 0 Å². The molecule has 100 valence electrons. The molecule has 0 saturated heterocycles. The van der Waals surface area contributed by atoms with E-state index in [1.165, 1.54) is 22.9 Å². The molecule has 0 spiro atoms. The van der Waals surface area contributed by atoms with E-state index in [4.69, 9.17) is 0 Å². The van der Waals surface area contributed by atoms with E-state index >= 15 is 0 Å². The predicted molar refractivity (Wildman–Crippen MR) is 78.4 cm³/mol. The van der Waals surface area contributed by atoms with Gasteiger partial charge < -0.3 is 10.0 Å². The van der Waals surface area contributed by atoms with Gasteiger partial charge in [-0.1, -0.05) is 34.1 Å². The number of halogens is 1. The Balaban J connectivity index is 1.82. The Morgan fingerprint density at radius 3 is 2.56 bits per heavy atom. The number of benzene rings is 1. The van der Waals surface area contributed by atoms with Crippen LogP contribution in [0.5, 0.6) is 0 Å². The molecule has 1 N–H and O–H groups in total. The lowest BCUT2D eigenvalue weighted by atomic mass is 9.87. The Morgan fingerprint density at radius 2 is 1.89 bits per heavy atom. The molecule has 2 nitrogen and oxygen atoms in total. The smallest absolute Gasteiger partial charge is 0.0540 e. The van der Waals surface area contributed by atoms with Crippen LogP contribution in [0.25, 0.3) is 0 Å². The molecule has 0 aromatic heterocycles. The van der Waals surface area contributed by atoms with Gasteiger partial charge in [0.25, 0.3) is 0 Å². The fourth-order valence-corrected chi connectivity index (χ4v) is 3.16. The molecule has 1 fully saturated rings. The van der Waals surface area contributed by atoms with Gasteiger partial charge in [-0.25, -0.2) is 0 Å². The minimum absolute atomic E-state index is 0.0465. The average Bonchev–Trinajstić information content (AvgIpc) is 2.35. The van der Waals surface area contributed by atoms with E-state index in [-0.39, 0.29) is 6.10 Å². The van der Waals surface area contributed by atoms with Gasteiger partial charge in [0.2, 0.25) is 0 Å². The van der Waals surface area contributed by atoms with Gasteiger partial charge >= 0.3 is 0 Å². The van der Waals surface area contributed by atoms with Crippen LogP contribution in [0.3, 0.4) is 0 Å². The van der Waals surface area contributed by atoms with E-state index in [0.29, 0.717) is 0 Å². The van der Waals surface area contributed by atoms with Gasteiger partial charge in [0.1, 0.15) is 0 Å². The van der Waals surface area contributed by atoms with Crippen LogP contribution in [0.1, 0.15) is 31.2 Å². The summed E-state index contributed by atoms with van der Waals surface area (Å²) in [5.74, 6) is 0.751. The van der Waals surface area contributed by atoms with Crippen molar-refractivity contribution in [1.82, 2.24) is 4.90 Å². The van der Waals surface area contributed by atoms with Gasteiger partial charge in [-0.15, -0.1) is 0 Å². The lowest BCUT2D eigenvalue weighted by Crippen LogP contribution is -2.29. The summed E-state index contributed by atoms with van der Waals surface area (Å²) in [5.41, 5.74) is 1.34. The Hall–Kier alpha value is -0.380. The largest absolute Gasteiger partial charge is 0.393 e. The third-order valence-corrected chi connectivity index (χ3v) is 4.56. The van der Waals surface area contributed by atoms with Crippen LogP contribution >= 0.6 is 15.9 Å². The SMILES string of the molecule is CN(Cc1ccccc1Br)CC1CCC(O)CC1. The molecular formula is C15H22BrNO. The maximum atomic E-state index is 9.51. The highest BCUT2D eigenvalue weighted by molar-refractivity contribution is 9.10. The van der Waals surface area contributed by atoms with Crippen molar-refractivity contribution in [2.75, 3.05) is 13.6 Å². The zero-order chi connectivity index (χ0) is 13.0.